The number of carbonyl (C=O) groups is 2. The number of halogens is 1. The molecule has 4 nitrogen and oxygen atoms in total. The van der Waals surface area contributed by atoms with Gasteiger partial charge in [-0.3, -0.25) is 20.4 Å². The van der Waals surface area contributed by atoms with Gasteiger partial charge in [0.2, 0.25) is 5.91 Å². The zero-order chi connectivity index (χ0) is 14.8. The lowest BCUT2D eigenvalue weighted by atomic mass is 9.86. The molecule has 2 amide bonds. The van der Waals surface area contributed by atoms with Crippen LogP contribution < -0.4 is 10.9 Å². The highest BCUT2D eigenvalue weighted by Crippen LogP contribution is 2.49. The molecule has 2 aliphatic rings. The van der Waals surface area contributed by atoms with Crippen molar-refractivity contribution in [1.82, 2.24) is 10.9 Å². The quantitative estimate of drug-likeness (QED) is 0.840. The summed E-state index contributed by atoms with van der Waals surface area (Å²) in [6, 6.07) is 5.69. The third kappa shape index (κ3) is 3.06. The van der Waals surface area contributed by atoms with E-state index < -0.39 is 11.7 Å². The Balaban J connectivity index is 1.48. The molecular weight excluding hydrogens is 271 g/mol. The van der Waals surface area contributed by atoms with Crippen LogP contribution in [0.3, 0.4) is 0 Å². The normalized spacial score (nSPS) is 26.6. The van der Waals surface area contributed by atoms with Crippen molar-refractivity contribution < 1.29 is 14.0 Å². The molecule has 3 atom stereocenters. The Morgan fingerprint density at radius 3 is 2.62 bits per heavy atom. The lowest BCUT2D eigenvalue weighted by Crippen LogP contribution is -2.42. The first-order chi connectivity index (χ1) is 10.1. The highest BCUT2D eigenvalue weighted by Gasteiger charge is 2.40. The number of nitrogens with one attached hydrogen (secondary N) is 2. The zero-order valence-corrected chi connectivity index (χ0v) is 11.8. The van der Waals surface area contributed by atoms with Gasteiger partial charge in [-0.2, -0.15) is 0 Å². The van der Waals surface area contributed by atoms with Gasteiger partial charge < -0.3 is 0 Å². The maximum atomic E-state index is 13.4. The fourth-order valence-electron chi connectivity index (χ4n) is 3.75. The summed E-state index contributed by atoms with van der Waals surface area (Å²) < 4.78 is 13.4. The second-order valence-electron chi connectivity index (χ2n) is 6.12. The molecule has 0 aliphatic heterocycles. The van der Waals surface area contributed by atoms with Gasteiger partial charge in [0.05, 0.1) is 5.56 Å². The molecule has 2 fully saturated rings. The molecule has 0 saturated heterocycles. The van der Waals surface area contributed by atoms with Gasteiger partial charge in [-0.25, -0.2) is 4.39 Å². The van der Waals surface area contributed by atoms with Gasteiger partial charge in [0.1, 0.15) is 5.82 Å². The average molecular weight is 290 g/mol. The minimum atomic E-state index is -0.630. The monoisotopic (exact) mass is 290 g/mol. The van der Waals surface area contributed by atoms with Crippen LogP contribution in [0, 0.1) is 23.6 Å². The van der Waals surface area contributed by atoms with Crippen molar-refractivity contribution in [2.24, 2.45) is 17.8 Å². The van der Waals surface area contributed by atoms with Crippen LogP contribution in [0.15, 0.2) is 24.3 Å². The summed E-state index contributed by atoms with van der Waals surface area (Å²) in [5.41, 5.74) is 4.60. The molecule has 1 aromatic carbocycles. The summed E-state index contributed by atoms with van der Waals surface area (Å²) >= 11 is 0. The van der Waals surface area contributed by atoms with Crippen LogP contribution in [0.2, 0.25) is 0 Å². The van der Waals surface area contributed by atoms with E-state index in [-0.39, 0.29) is 11.5 Å². The number of hydrazine groups is 1. The summed E-state index contributed by atoms with van der Waals surface area (Å²) in [7, 11) is 0. The predicted molar refractivity (Wildman–Crippen MR) is 75.6 cm³/mol. The molecule has 0 unspecified atom stereocenters. The molecule has 0 aromatic heterocycles. The highest BCUT2D eigenvalue weighted by atomic mass is 19.1. The highest BCUT2D eigenvalue weighted by molar-refractivity contribution is 5.95. The second kappa shape index (κ2) is 5.84. The summed E-state index contributed by atoms with van der Waals surface area (Å²) in [4.78, 5) is 23.6. The van der Waals surface area contributed by atoms with Gasteiger partial charge in [-0.1, -0.05) is 18.6 Å². The number of fused-ring (bicyclic) bond motifs is 2. The number of hydrogen-bond donors (Lipinski definition) is 2. The Hall–Kier alpha value is -1.91. The first kappa shape index (κ1) is 14.0. The average Bonchev–Trinajstić information content (AvgIpc) is 3.08. The van der Waals surface area contributed by atoms with Gasteiger partial charge in [-0.15, -0.1) is 0 Å². The lowest BCUT2D eigenvalue weighted by Gasteiger charge is -2.20. The first-order valence-corrected chi connectivity index (χ1v) is 7.47. The number of carbonyl (C=O) groups excluding carboxylic acids is 2. The molecule has 1 aromatic rings. The molecule has 2 saturated carbocycles. The standard InChI is InChI=1S/C16H19FN2O2/c17-14-4-2-1-3-13(14)16(21)19-18-15(20)9-12-8-10-5-6-11(12)7-10/h1-4,10-12H,5-9H2,(H,18,20)(H,19,21)/t10-,11-,12-/m1/s1. The van der Waals surface area contributed by atoms with Crippen LogP contribution in [0.5, 0.6) is 0 Å². The van der Waals surface area contributed by atoms with E-state index in [0.29, 0.717) is 18.3 Å². The van der Waals surface area contributed by atoms with Crippen LogP contribution in [-0.2, 0) is 4.79 Å². The Bertz CT molecular complexity index is 561. The second-order valence-corrected chi connectivity index (χ2v) is 6.12. The van der Waals surface area contributed by atoms with E-state index in [2.05, 4.69) is 10.9 Å². The van der Waals surface area contributed by atoms with Gasteiger partial charge in [0.25, 0.3) is 5.91 Å². The molecule has 5 heteroatoms. The van der Waals surface area contributed by atoms with Gasteiger partial charge in [-0.05, 0) is 49.1 Å². The van der Waals surface area contributed by atoms with E-state index in [1.54, 1.807) is 6.07 Å². The van der Waals surface area contributed by atoms with Crippen LogP contribution in [0.1, 0.15) is 42.5 Å². The molecular formula is C16H19FN2O2. The topological polar surface area (TPSA) is 58.2 Å². The predicted octanol–water partition coefficient (Wildman–Crippen LogP) is 2.41. The van der Waals surface area contributed by atoms with Crippen LogP contribution >= 0.6 is 0 Å². The zero-order valence-electron chi connectivity index (χ0n) is 11.8. The molecule has 0 spiro atoms. The number of hydrogen-bond acceptors (Lipinski definition) is 2. The maximum absolute atomic E-state index is 13.4. The van der Waals surface area contributed by atoms with Crippen molar-refractivity contribution in [3.05, 3.63) is 35.6 Å². The third-order valence-electron chi connectivity index (χ3n) is 4.77. The number of amides is 2. The lowest BCUT2D eigenvalue weighted by molar-refractivity contribution is -0.123. The summed E-state index contributed by atoms with van der Waals surface area (Å²) in [6.07, 6.45) is 5.34. The van der Waals surface area contributed by atoms with E-state index in [4.69, 9.17) is 0 Å². The Morgan fingerprint density at radius 1 is 1.14 bits per heavy atom. The van der Waals surface area contributed by atoms with Crippen molar-refractivity contribution in [3.8, 4) is 0 Å². The number of benzene rings is 1. The van der Waals surface area contributed by atoms with Crippen molar-refractivity contribution >= 4 is 11.8 Å². The molecule has 0 radical (unpaired) electrons. The van der Waals surface area contributed by atoms with E-state index >= 15 is 0 Å². The van der Waals surface area contributed by atoms with E-state index in [1.807, 2.05) is 0 Å². The van der Waals surface area contributed by atoms with E-state index in [1.165, 1.54) is 37.5 Å². The molecule has 2 aliphatic carbocycles. The minimum Gasteiger partial charge on any atom is -0.273 e. The molecule has 0 heterocycles. The van der Waals surface area contributed by atoms with Gasteiger partial charge in [0.15, 0.2) is 0 Å². The first-order valence-electron chi connectivity index (χ1n) is 7.47. The van der Waals surface area contributed by atoms with Crippen LogP contribution in [0.25, 0.3) is 0 Å². The Morgan fingerprint density at radius 2 is 1.95 bits per heavy atom. The SMILES string of the molecule is O=C(C[C@H]1C[C@@H]2CC[C@@H]1C2)NNC(=O)c1ccccc1F. The summed E-state index contributed by atoms with van der Waals surface area (Å²) in [6.45, 7) is 0. The van der Waals surface area contributed by atoms with Crippen LogP contribution in [0.4, 0.5) is 4.39 Å². The van der Waals surface area contributed by atoms with Crippen molar-refractivity contribution in [2.45, 2.75) is 32.1 Å². The van der Waals surface area contributed by atoms with Gasteiger partial charge >= 0.3 is 0 Å². The molecule has 2 N–H and O–H groups in total. The largest absolute Gasteiger partial charge is 0.273 e. The van der Waals surface area contributed by atoms with Crippen molar-refractivity contribution in [3.63, 3.8) is 0 Å². The summed E-state index contributed by atoms with van der Waals surface area (Å²) in [5.74, 6) is 0.474. The minimum absolute atomic E-state index is 0.0716. The molecule has 2 bridgehead atoms. The van der Waals surface area contributed by atoms with E-state index in [0.717, 1.165) is 12.3 Å². The van der Waals surface area contributed by atoms with Gasteiger partial charge in [0, 0.05) is 6.42 Å². The number of rotatable bonds is 3. The Kier molecular flexibility index (Phi) is 3.90. The fraction of sp³-hybridized carbons (Fsp3) is 0.500. The smallest absolute Gasteiger partial charge is 0.272 e. The van der Waals surface area contributed by atoms with Crippen molar-refractivity contribution in [1.29, 1.82) is 0 Å². The van der Waals surface area contributed by atoms with Crippen LogP contribution in [-0.4, -0.2) is 11.8 Å². The third-order valence-corrected chi connectivity index (χ3v) is 4.77. The Labute approximate surface area is 123 Å². The van der Waals surface area contributed by atoms with E-state index in [9.17, 15) is 14.0 Å². The summed E-state index contributed by atoms with van der Waals surface area (Å²) in [5, 5.41) is 0. The van der Waals surface area contributed by atoms with Crippen molar-refractivity contribution in [2.75, 3.05) is 0 Å². The molecule has 112 valence electrons. The maximum Gasteiger partial charge on any atom is 0.272 e. The molecule has 3 rings (SSSR count). The molecule has 21 heavy (non-hydrogen) atoms. The fourth-order valence-corrected chi connectivity index (χ4v) is 3.75.